The molecule has 126 valence electrons. The molecule has 1 fully saturated rings. The summed E-state index contributed by atoms with van der Waals surface area (Å²) < 4.78 is 0.877. The Morgan fingerprint density at radius 2 is 1.91 bits per heavy atom. The zero-order chi connectivity index (χ0) is 16.8. The number of anilines is 1. The maximum atomic E-state index is 12.0. The van der Waals surface area contributed by atoms with Crippen LogP contribution in [0.2, 0.25) is 0 Å². The molecular weight excluding hydrogens is 360 g/mol. The number of nitrogens with zero attached hydrogens (tertiary/aromatic N) is 2. The number of halogens is 1. The number of amides is 2. The molecule has 0 bridgehead atoms. The van der Waals surface area contributed by atoms with Gasteiger partial charge in [-0.05, 0) is 35.0 Å². The van der Waals surface area contributed by atoms with Crippen molar-refractivity contribution >= 4 is 33.4 Å². The van der Waals surface area contributed by atoms with Gasteiger partial charge >= 0.3 is 0 Å². The van der Waals surface area contributed by atoms with Gasteiger partial charge in [-0.3, -0.25) is 14.5 Å². The van der Waals surface area contributed by atoms with E-state index in [1.807, 2.05) is 31.2 Å². The summed E-state index contributed by atoms with van der Waals surface area (Å²) in [6.45, 7) is 5.85. The fraction of sp³-hybridized carbons (Fsp3) is 0.500. The van der Waals surface area contributed by atoms with Crippen molar-refractivity contribution in [2.75, 3.05) is 38.0 Å². The average Bonchev–Trinajstić information content (AvgIpc) is 2.55. The zero-order valence-electron chi connectivity index (χ0n) is 13.3. The largest absolute Gasteiger partial charge is 0.368 e. The van der Waals surface area contributed by atoms with Crippen molar-refractivity contribution in [2.24, 2.45) is 5.73 Å². The first-order valence-corrected chi connectivity index (χ1v) is 8.57. The first-order chi connectivity index (χ1) is 11.0. The average molecular weight is 383 g/mol. The van der Waals surface area contributed by atoms with Crippen LogP contribution in [0, 0.1) is 0 Å². The number of carbonyl (C=O) groups excluding carboxylic acids is 2. The van der Waals surface area contributed by atoms with E-state index in [1.165, 1.54) is 0 Å². The molecular formula is C16H23BrN4O2. The molecule has 6 nitrogen and oxygen atoms in total. The number of rotatable bonds is 6. The van der Waals surface area contributed by atoms with Gasteiger partial charge in [-0.1, -0.05) is 12.1 Å². The Kier molecular flexibility index (Phi) is 6.56. The van der Waals surface area contributed by atoms with Gasteiger partial charge < -0.3 is 16.0 Å². The fourth-order valence-electron chi connectivity index (χ4n) is 2.59. The normalized spacial score (nSPS) is 17.7. The van der Waals surface area contributed by atoms with Crippen LogP contribution in [-0.4, -0.2) is 60.4 Å². The summed E-state index contributed by atoms with van der Waals surface area (Å²) in [5.74, 6) is -0.281. The van der Waals surface area contributed by atoms with Crippen LogP contribution in [0.15, 0.2) is 28.7 Å². The maximum Gasteiger partial charge on any atom is 0.234 e. The predicted octanol–water partition coefficient (Wildman–Crippen LogP) is 1.27. The number of benzene rings is 1. The lowest BCUT2D eigenvalue weighted by Crippen LogP contribution is -2.53. The minimum Gasteiger partial charge on any atom is -0.368 e. The van der Waals surface area contributed by atoms with Crippen LogP contribution in [0.5, 0.6) is 0 Å². The molecule has 7 heteroatoms. The smallest absolute Gasteiger partial charge is 0.234 e. The van der Waals surface area contributed by atoms with E-state index in [0.29, 0.717) is 6.42 Å². The Morgan fingerprint density at radius 3 is 2.52 bits per heavy atom. The SMILES string of the molecule is C[C@H](C(N)=O)N1CCN(CCC(=O)Nc2ccccc2Br)CC1. The van der Waals surface area contributed by atoms with Crippen molar-refractivity contribution < 1.29 is 9.59 Å². The lowest BCUT2D eigenvalue weighted by Gasteiger charge is -2.36. The van der Waals surface area contributed by atoms with Crippen molar-refractivity contribution in [1.82, 2.24) is 9.80 Å². The van der Waals surface area contributed by atoms with Crippen molar-refractivity contribution in [3.63, 3.8) is 0 Å². The topological polar surface area (TPSA) is 78.7 Å². The standard InChI is InChI=1S/C16H23BrN4O2/c1-12(16(18)23)21-10-8-20(9-11-21)7-6-15(22)19-14-5-3-2-4-13(14)17/h2-5,12H,6-11H2,1H3,(H2,18,23)(H,19,22)/t12-/m1/s1. The van der Waals surface area contributed by atoms with Crippen molar-refractivity contribution in [2.45, 2.75) is 19.4 Å². The highest BCUT2D eigenvalue weighted by Crippen LogP contribution is 2.21. The molecule has 0 radical (unpaired) electrons. The number of nitrogens with one attached hydrogen (secondary N) is 1. The lowest BCUT2D eigenvalue weighted by atomic mass is 10.2. The van der Waals surface area contributed by atoms with E-state index in [1.54, 1.807) is 0 Å². The minimum absolute atomic E-state index is 0.00448. The Bertz CT molecular complexity index is 559. The van der Waals surface area contributed by atoms with E-state index < -0.39 is 0 Å². The number of hydrogen-bond donors (Lipinski definition) is 2. The third kappa shape index (κ3) is 5.30. The van der Waals surface area contributed by atoms with Crippen LogP contribution in [0.4, 0.5) is 5.69 Å². The van der Waals surface area contributed by atoms with Crippen LogP contribution < -0.4 is 11.1 Å². The highest BCUT2D eigenvalue weighted by Gasteiger charge is 2.24. The Balaban J connectivity index is 1.72. The summed E-state index contributed by atoms with van der Waals surface area (Å²) in [5.41, 5.74) is 6.12. The van der Waals surface area contributed by atoms with Gasteiger partial charge in [0, 0.05) is 43.6 Å². The molecule has 0 spiro atoms. The molecule has 2 rings (SSSR count). The van der Waals surface area contributed by atoms with E-state index in [4.69, 9.17) is 5.73 Å². The summed E-state index contributed by atoms with van der Waals surface area (Å²) >= 11 is 3.42. The molecule has 1 heterocycles. The number of nitrogens with two attached hydrogens (primary N) is 1. The summed E-state index contributed by atoms with van der Waals surface area (Å²) in [6.07, 6.45) is 0.451. The van der Waals surface area contributed by atoms with Gasteiger partial charge in [-0.15, -0.1) is 0 Å². The first kappa shape index (κ1) is 17.9. The Morgan fingerprint density at radius 1 is 1.26 bits per heavy atom. The molecule has 1 aliphatic rings. The van der Waals surface area contributed by atoms with Crippen LogP contribution >= 0.6 is 15.9 Å². The molecule has 0 saturated carbocycles. The number of para-hydroxylation sites is 1. The molecule has 1 aromatic rings. The Labute approximate surface area is 145 Å². The number of piperazine rings is 1. The van der Waals surface area contributed by atoms with Gasteiger partial charge in [-0.2, -0.15) is 0 Å². The second-order valence-corrected chi connectivity index (χ2v) is 6.59. The van der Waals surface area contributed by atoms with Crippen molar-refractivity contribution in [3.8, 4) is 0 Å². The van der Waals surface area contributed by atoms with Gasteiger partial charge in [0.15, 0.2) is 0 Å². The maximum absolute atomic E-state index is 12.0. The van der Waals surface area contributed by atoms with E-state index >= 15 is 0 Å². The minimum atomic E-state index is -0.286. The third-order valence-corrected chi connectivity index (χ3v) is 4.86. The van der Waals surface area contributed by atoms with Crippen molar-refractivity contribution in [3.05, 3.63) is 28.7 Å². The first-order valence-electron chi connectivity index (χ1n) is 7.77. The van der Waals surface area contributed by atoms with Crippen molar-refractivity contribution in [1.29, 1.82) is 0 Å². The summed E-state index contributed by atoms with van der Waals surface area (Å²) in [7, 11) is 0. The fourth-order valence-corrected chi connectivity index (χ4v) is 2.97. The Hall–Kier alpha value is -1.44. The van der Waals surface area contributed by atoms with Crippen LogP contribution in [0.1, 0.15) is 13.3 Å². The molecule has 0 unspecified atom stereocenters. The summed E-state index contributed by atoms with van der Waals surface area (Å²) in [5, 5.41) is 2.91. The molecule has 1 atom stereocenters. The highest BCUT2D eigenvalue weighted by atomic mass is 79.9. The molecule has 1 aromatic carbocycles. The molecule has 23 heavy (non-hydrogen) atoms. The number of primary amides is 1. The molecule has 1 aliphatic heterocycles. The monoisotopic (exact) mass is 382 g/mol. The molecule has 1 saturated heterocycles. The second kappa shape index (κ2) is 8.42. The molecule has 0 aliphatic carbocycles. The quantitative estimate of drug-likeness (QED) is 0.776. The number of carbonyl (C=O) groups is 2. The summed E-state index contributed by atoms with van der Waals surface area (Å²) in [6, 6.07) is 7.34. The van der Waals surface area contributed by atoms with Gasteiger partial charge in [0.1, 0.15) is 0 Å². The van der Waals surface area contributed by atoms with Crippen LogP contribution in [0.25, 0.3) is 0 Å². The lowest BCUT2D eigenvalue weighted by molar-refractivity contribution is -0.123. The number of hydrogen-bond acceptors (Lipinski definition) is 4. The zero-order valence-corrected chi connectivity index (χ0v) is 14.9. The molecule has 2 amide bonds. The molecule has 0 aromatic heterocycles. The highest BCUT2D eigenvalue weighted by molar-refractivity contribution is 9.10. The van der Waals surface area contributed by atoms with E-state index in [9.17, 15) is 9.59 Å². The second-order valence-electron chi connectivity index (χ2n) is 5.73. The van der Waals surface area contributed by atoms with Gasteiger partial charge in [0.25, 0.3) is 0 Å². The van der Waals surface area contributed by atoms with Crippen LogP contribution in [-0.2, 0) is 9.59 Å². The molecule has 3 N–H and O–H groups in total. The summed E-state index contributed by atoms with van der Waals surface area (Å²) in [4.78, 5) is 27.6. The van der Waals surface area contributed by atoms with Gasteiger partial charge in [0.2, 0.25) is 11.8 Å². The predicted molar refractivity (Wildman–Crippen MR) is 94.1 cm³/mol. The van der Waals surface area contributed by atoms with E-state index in [0.717, 1.165) is 42.9 Å². The van der Waals surface area contributed by atoms with Crippen LogP contribution in [0.3, 0.4) is 0 Å². The van der Waals surface area contributed by atoms with Gasteiger partial charge in [0.05, 0.1) is 11.7 Å². The van der Waals surface area contributed by atoms with E-state index in [-0.39, 0.29) is 17.9 Å². The van der Waals surface area contributed by atoms with E-state index in [2.05, 4.69) is 31.0 Å². The van der Waals surface area contributed by atoms with Gasteiger partial charge in [-0.25, -0.2) is 0 Å². The third-order valence-electron chi connectivity index (χ3n) is 4.17.